The second kappa shape index (κ2) is 3.26. The van der Waals surface area contributed by atoms with Gasteiger partial charge in [0.05, 0.1) is 5.69 Å². The van der Waals surface area contributed by atoms with Gasteiger partial charge in [0.25, 0.3) is 0 Å². The van der Waals surface area contributed by atoms with Crippen molar-refractivity contribution < 1.29 is 0 Å². The molecule has 6 heteroatoms. The van der Waals surface area contributed by atoms with Gasteiger partial charge in [-0.05, 0) is 12.1 Å². The van der Waals surface area contributed by atoms with Crippen LogP contribution in [0.2, 0.25) is 0 Å². The SMILES string of the molecule is CN1N=NN(c2ccccc2)B1Cl. The summed E-state index contributed by atoms with van der Waals surface area (Å²) in [5.41, 5.74) is 0.940. The molecule has 0 saturated carbocycles. The molecule has 1 aliphatic heterocycles. The van der Waals surface area contributed by atoms with Gasteiger partial charge in [-0.2, -0.15) is 0 Å². The molecule has 0 aliphatic carbocycles. The van der Waals surface area contributed by atoms with Crippen LogP contribution in [0.3, 0.4) is 0 Å². The molecule has 0 amide bonds. The first-order valence-corrected chi connectivity index (χ1v) is 4.35. The molecule has 4 nitrogen and oxygen atoms in total. The Bertz CT molecular complexity index is 318. The zero-order chi connectivity index (χ0) is 9.26. The summed E-state index contributed by atoms with van der Waals surface area (Å²) in [5, 5.41) is 7.75. The first-order chi connectivity index (χ1) is 6.29. The van der Waals surface area contributed by atoms with Crippen LogP contribution >= 0.6 is 11.5 Å². The minimum Gasteiger partial charge on any atom is -0.284 e. The van der Waals surface area contributed by atoms with Crippen LogP contribution in [0.5, 0.6) is 0 Å². The molecule has 66 valence electrons. The molecule has 0 bridgehead atoms. The smallest absolute Gasteiger partial charge is 0.284 e. The normalized spacial score (nSPS) is 15.7. The summed E-state index contributed by atoms with van der Waals surface area (Å²) in [5.74, 6) is 0. The van der Waals surface area contributed by atoms with Crippen molar-refractivity contribution in [3.05, 3.63) is 30.3 Å². The van der Waals surface area contributed by atoms with Crippen molar-refractivity contribution in [3.8, 4) is 0 Å². The predicted molar refractivity (Wildman–Crippen MR) is 53.1 cm³/mol. The molecule has 0 fully saturated rings. The van der Waals surface area contributed by atoms with E-state index < -0.39 is 0 Å². The van der Waals surface area contributed by atoms with E-state index in [1.54, 1.807) is 16.9 Å². The third-order valence-corrected chi connectivity index (χ3v) is 2.28. The van der Waals surface area contributed by atoms with E-state index >= 15 is 0 Å². The average molecular weight is 194 g/mol. The first kappa shape index (κ1) is 8.38. The quantitative estimate of drug-likeness (QED) is 0.640. The van der Waals surface area contributed by atoms with Crippen LogP contribution in [0.15, 0.2) is 40.8 Å². The van der Waals surface area contributed by atoms with Gasteiger partial charge in [0.15, 0.2) is 0 Å². The summed E-state index contributed by atoms with van der Waals surface area (Å²) in [6, 6.07) is 9.70. The Hall–Kier alpha value is -1.23. The number of rotatable bonds is 1. The Labute approximate surface area is 81.8 Å². The lowest BCUT2D eigenvalue weighted by Gasteiger charge is -2.15. The van der Waals surface area contributed by atoms with Gasteiger partial charge in [0, 0.05) is 7.05 Å². The molecule has 1 aromatic rings. The van der Waals surface area contributed by atoms with Crippen LogP contribution in [0.25, 0.3) is 0 Å². The highest BCUT2D eigenvalue weighted by Gasteiger charge is 2.32. The highest BCUT2D eigenvalue weighted by molar-refractivity contribution is 7.07. The van der Waals surface area contributed by atoms with Crippen molar-refractivity contribution in [2.24, 2.45) is 10.4 Å². The standard InChI is InChI=1S/C7H8BClN4/c1-12-8(9)13(11-10-12)7-5-3-2-4-6-7/h2-6H,1H3. The Morgan fingerprint density at radius 2 is 1.92 bits per heavy atom. The molecule has 1 heterocycles. The van der Waals surface area contributed by atoms with Crippen molar-refractivity contribution in [1.82, 2.24) is 4.92 Å². The second-order valence-electron chi connectivity index (χ2n) is 2.74. The van der Waals surface area contributed by atoms with Crippen molar-refractivity contribution in [2.75, 3.05) is 12.0 Å². The number of para-hydroxylation sites is 1. The number of hydrogen-bond donors (Lipinski definition) is 0. The minimum absolute atomic E-state index is 0.331. The fourth-order valence-electron chi connectivity index (χ4n) is 1.11. The number of halogens is 1. The molecular formula is C7H8BClN4. The molecule has 0 aromatic heterocycles. The van der Waals surface area contributed by atoms with Gasteiger partial charge >= 0.3 is 6.40 Å². The van der Waals surface area contributed by atoms with E-state index in [0.717, 1.165) is 5.69 Å². The summed E-state index contributed by atoms with van der Waals surface area (Å²) in [6.45, 7) is 0. The fraction of sp³-hybridized carbons (Fsp3) is 0.143. The van der Waals surface area contributed by atoms with Gasteiger partial charge in [-0.1, -0.05) is 28.6 Å². The summed E-state index contributed by atoms with van der Waals surface area (Å²) >= 11 is 6.03. The van der Waals surface area contributed by atoms with Crippen LogP contribution in [0.4, 0.5) is 5.69 Å². The van der Waals surface area contributed by atoms with Gasteiger partial charge in [0.1, 0.15) is 0 Å². The first-order valence-electron chi connectivity index (χ1n) is 3.92. The molecule has 0 saturated heterocycles. The van der Waals surface area contributed by atoms with E-state index in [-0.39, 0.29) is 6.40 Å². The van der Waals surface area contributed by atoms with Crippen molar-refractivity contribution in [1.29, 1.82) is 0 Å². The summed E-state index contributed by atoms with van der Waals surface area (Å²) in [4.78, 5) is 3.25. The molecule has 0 radical (unpaired) electrons. The summed E-state index contributed by atoms with van der Waals surface area (Å²) in [7, 11) is 1.78. The highest BCUT2D eigenvalue weighted by atomic mass is 35.5. The van der Waals surface area contributed by atoms with Gasteiger partial charge in [-0.3, -0.25) is 4.92 Å². The number of nitrogens with zero attached hydrogens (tertiary/aromatic N) is 4. The molecule has 0 unspecified atom stereocenters. The lowest BCUT2D eigenvalue weighted by molar-refractivity contribution is 0.559. The van der Waals surface area contributed by atoms with E-state index in [1.807, 2.05) is 30.3 Å². The lowest BCUT2D eigenvalue weighted by Crippen LogP contribution is -2.36. The Balaban J connectivity index is 2.24. The lowest BCUT2D eigenvalue weighted by atomic mass is 10.1. The monoisotopic (exact) mass is 194 g/mol. The summed E-state index contributed by atoms with van der Waals surface area (Å²) < 4.78 is 0. The Kier molecular flexibility index (Phi) is 2.10. The molecule has 1 aromatic carbocycles. The van der Waals surface area contributed by atoms with Crippen LogP contribution in [0.1, 0.15) is 0 Å². The largest absolute Gasteiger partial charge is 0.526 e. The van der Waals surface area contributed by atoms with E-state index in [0.29, 0.717) is 0 Å². The predicted octanol–water partition coefficient (Wildman–Crippen LogP) is 1.94. The topological polar surface area (TPSA) is 31.2 Å². The third kappa shape index (κ3) is 1.47. The minimum atomic E-state index is -0.331. The Morgan fingerprint density at radius 3 is 2.46 bits per heavy atom. The maximum Gasteiger partial charge on any atom is 0.526 e. The molecule has 13 heavy (non-hydrogen) atoms. The Morgan fingerprint density at radius 1 is 1.23 bits per heavy atom. The number of hydrogen-bond acceptors (Lipinski definition) is 4. The number of anilines is 1. The molecule has 0 atom stereocenters. The second-order valence-corrected chi connectivity index (χ2v) is 3.13. The van der Waals surface area contributed by atoms with Gasteiger partial charge in [0.2, 0.25) is 0 Å². The van der Waals surface area contributed by atoms with Crippen LogP contribution < -0.4 is 4.92 Å². The zero-order valence-corrected chi connectivity index (χ0v) is 7.89. The van der Waals surface area contributed by atoms with Crippen molar-refractivity contribution in [3.63, 3.8) is 0 Å². The average Bonchev–Trinajstić information content (AvgIpc) is 2.49. The highest BCUT2D eigenvalue weighted by Crippen LogP contribution is 2.22. The number of benzene rings is 1. The van der Waals surface area contributed by atoms with Crippen molar-refractivity contribution >= 4 is 23.5 Å². The van der Waals surface area contributed by atoms with Crippen LogP contribution in [-0.2, 0) is 0 Å². The molecule has 1 aliphatic rings. The van der Waals surface area contributed by atoms with Gasteiger partial charge in [-0.15, -0.1) is 11.5 Å². The van der Waals surface area contributed by atoms with E-state index in [9.17, 15) is 0 Å². The summed E-state index contributed by atoms with van der Waals surface area (Å²) in [6.07, 6.45) is -0.331. The third-order valence-electron chi connectivity index (χ3n) is 1.81. The molecular weight excluding hydrogens is 186 g/mol. The van der Waals surface area contributed by atoms with E-state index in [1.165, 1.54) is 0 Å². The zero-order valence-electron chi connectivity index (χ0n) is 7.13. The van der Waals surface area contributed by atoms with E-state index in [2.05, 4.69) is 10.4 Å². The van der Waals surface area contributed by atoms with E-state index in [4.69, 9.17) is 11.5 Å². The molecule has 0 spiro atoms. The maximum atomic E-state index is 6.03. The molecule has 2 rings (SSSR count). The molecule has 0 N–H and O–H groups in total. The van der Waals surface area contributed by atoms with Gasteiger partial charge < -0.3 is 0 Å². The fourth-order valence-corrected chi connectivity index (χ4v) is 1.30. The van der Waals surface area contributed by atoms with Gasteiger partial charge in [-0.25, -0.2) is 4.92 Å². The van der Waals surface area contributed by atoms with Crippen LogP contribution in [0, 0.1) is 0 Å². The van der Waals surface area contributed by atoms with Crippen molar-refractivity contribution in [2.45, 2.75) is 0 Å². The van der Waals surface area contributed by atoms with Crippen LogP contribution in [-0.4, -0.2) is 18.4 Å². The maximum absolute atomic E-state index is 6.03.